The molecule has 138 valence electrons. The number of aliphatic hydroxyl groups is 2. The van der Waals surface area contributed by atoms with Crippen molar-refractivity contribution >= 4 is 11.3 Å². The van der Waals surface area contributed by atoms with Crippen LogP contribution in [-0.4, -0.2) is 43.6 Å². The van der Waals surface area contributed by atoms with Gasteiger partial charge in [0, 0.05) is 5.38 Å². The average Bonchev–Trinajstić information content (AvgIpc) is 3.13. The zero-order chi connectivity index (χ0) is 18.4. The van der Waals surface area contributed by atoms with Crippen molar-refractivity contribution in [2.75, 3.05) is 28.4 Å². The Balaban J connectivity index is 2.08. The van der Waals surface area contributed by atoms with Gasteiger partial charge >= 0.3 is 0 Å². The van der Waals surface area contributed by atoms with Crippen LogP contribution in [-0.2, 0) is 0 Å². The van der Waals surface area contributed by atoms with Crippen molar-refractivity contribution in [2.45, 2.75) is 25.0 Å². The van der Waals surface area contributed by atoms with Gasteiger partial charge in [-0.2, -0.15) is 0 Å². The third kappa shape index (κ3) is 4.53. The molecule has 0 saturated heterocycles. The van der Waals surface area contributed by atoms with Crippen LogP contribution in [0.1, 0.15) is 36.3 Å². The number of thiazole rings is 1. The Morgan fingerprint density at radius 3 is 2.00 bits per heavy atom. The Bertz CT molecular complexity index is 665. The van der Waals surface area contributed by atoms with Crippen LogP contribution in [0.5, 0.6) is 22.4 Å². The van der Waals surface area contributed by atoms with Gasteiger partial charge in [0.2, 0.25) is 5.75 Å². The fourth-order valence-corrected chi connectivity index (χ4v) is 3.13. The fraction of sp³-hybridized carbons (Fsp3) is 0.471. The summed E-state index contributed by atoms with van der Waals surface area (Å²) >= 11 is 1.32. The van der Waals surface area contributed by atoms with Crippen molar-refractivity contribution in [1.82, 2.24) is 4.98 Å². The number of hydrogen-bond acceptors (Lipinski definition) is 8. The van der Waals surface area contributed by atoms with Crippen LogP contribution in [0, 0.1) is 0 Å². The summed E-state index contributed by atoms with van der Waals surface area (Å²) < 4.78 is 20.9. The number of benzene rings is 1. The fourth-order valence-electron chi connectivity index (χ4n) is 2.44. The molecule has 25 heavy (non-hydrogen) atoms. The second-order valence-electron chi connectivity index (χ2n) is 5.31. The molecule has 0 saturated carbocycles. The molecule has 2 rings (SSSR count). The summed E-state index contributed by atoms with van der Waals surface area (Å²) in [6, 6.07) is 3.40. The molecule has 7 nitrogen and oxygen atoms in total. The summed E-state index contributed by atoms with van der Waals surface area (Å²) in [6.07, 6.45) is -0.856. The van der Waals surface area contributed by atoms with Crippen molar-refractivity contribution in [3.05, 3.63) is 28.8 Å². The van der Waals surface area contributed by atoms with E-state index in [0.717, 1.165) is 0 Å². The number of methoxy groups -OCH3 is 4. The molecule has 1 heterocycles. The molecule has 8 heteroatoms. The molecule has 2 aromatic rings. The van der Waals surface area contributed by atoms with E-state index in [9.17, 15) is 10.2 Å². The summed E-state index contributed by atoms with van der Waals surface area (Å²) in [7, 11) is 6.10. The van der Waals surface area contributed by atoms with Crippen molar-refractivity contribution in [2.24, 2.45) is 0 Å². The number of aliphatic hydroxyl groups excluding tert-OH is 2. The van der Waals surface area contributed by atoms with Gasteiger partial charge in [-0.15, -0.1) is 0 Å². The highest BCUT2D eigenvalue weighted by Gasteiger charge is 2.19. The largest absolute Gasteiger partial charge is 0.493 e. The number of rotatable bonds is 9. The molecule has 0 fully saturated rings. The smallest absolute Gasteiger partial charge is 0.273 e. The van der Waals surface area contributed by atoms with Crippen LogP contribution in [0.2, 0.25) is 0 Å². The van der Waals surface area contributed by atoms with E-state index in [4.69, 9.17) is 18.9 Å². The van der Waals surface area contributed by atoms with Crippen LogP contribution < -0.4 is 18.9 Å². The van der Waals surface area contributed by atoms with E-state index in [2.05, 4.69) is 4.98 Å². The minimum atomic E-state index is -0.788. The summed E-state index contributed by atoms with van der Waals surface area (Å²) in [6.45, 7) is 0. The molecule has 0 amide bonds. The molecular weight excluding hydrogens is 346 g/mol. The standard InChI is InChI=1S/C17H23NO6S/c1-21-14-7-10(8-15(22-2)16(14)23-3)12(19)5-6-13(20)11-9-25-17(18-11)24-4/h7-9,12-13,19-20H,5-6H2,1-4H3. The minimum Gasteiger partial charge on any atom is -0.493 e. The van der Waals surface area contributed by atoms with Crippen LogP contribution in [0.15, 0.2) is 17.5 Å². The quantitative estimate of drug-likeness (QED) is 0.702. The summed E-state index contributed by atoms with van der Waals surface area (Å²) in [5.74, 6) is 1.41. The number of hydrogen-bond donors (Lipinski definition) is 2. The molecule has 0 aliphatic rings. The monoisotopic (exact) mass is 369 g/mol. The van der Waals surface area contributed by atoms with E-state index in [1.165, 1.54) is 39.8 Å². The van der Waals surface area contributed by atoms with Crippen molar-refractivity contribution in [1.29, 1.82) is 0 Å². The maximum Gasteiger partial charge on any atom is 0.273 e. The van der Waals surface area contributed by atoms with Gasteiger partial charge in [-0.3, -0.25) is 0 Å². The number of ether oxygens (including phenoxy) is 4. The number of nitrogens with zero attached hydrogens (tertiary/aromatic N) is 1. The van der Waals surface area contributed by atoms with Gasteiger partial charge in [0.1, 0.15) is 0 Å². The van der Waals surface area contributed by atoms with Crippen LogP contribution in [0.4, 0.5) is 0 Å². The zero-order valence-electron chi connectivity index (χ0n) is 14.7. The van der Waals surface area contributed by atoms with Gasteiger partial charge in [-0.1, -0.05) is 11.3 Å². The van der Waals surface area contributed by atoms with Gasteiger partial charge in [0.05, 0.1) is 46.3 Å². The summed E-state index contributed by atoms with van der Waals surface area (Å²) in [5, 5.41) is 22.9. The van der Waals surface area contributed by atoms with E-state index >= 15 is 0 Å². The highest BCUT2D eigenvalue weighted by atomic mass is 32.1. The molecule has 2 N–H and O–H groups in total. The van der Waals surface area contributed by atoms with Crippen LogP contribution >= 0.6 is 11.3 Å². The molecule has 0 aliphatic carbocycles. The minimum absolute atomic E-state index is 0.347. The van der Waals surface area contributed by atoms with Crippen molar-refractivity contribution in [3.63, 3.8) is 0 Å². The first-order valence-electron chi connectivity index (χ1n) is 7.69. The molecule has 0 bridgehead atoms. The third-order valence-corrected chi connectivity index (χ3v) is 4.62. The van der Waals surface area contributed by atoms with Gasteiger partial charge in [0.15, 0.2) is 11.5 Å². The predicted octanol–water partition coefficient (Wildman–Crippen LogP) is 2.72. The van der Waals surface area contributed by atoms with Gasteiger partial charge in [-0.25, -0.2) is 4.98 Å². The SMILES string of the molecule is COc1nc(C(O)CCC(O)c2cc(OC)c(OC)c(OC)c2)cs1. The van der Waals surface area contributed by atoms with E-state index < -0.39 is 12.2 Å². The second-order valence-corrected chi connectivity index (χ2v) is 6.13. The van der Waals surface area contributed by atoms with Crippen molar-refractivity contribution in [3.8, 4) is 22.4 Å². The Labute approximate surface area is 150 Å². The first kappa shape index (κ1) is 19.3. The van der Waals surface area contributed by atoms with Crippen LogP contribution in [0.25, 0.3) is 0 Å². The average molecular weight is 369 g/mol. The van der Waals surface area contributed by atoms with E-state index in [-0.39, 0.29) is 0 Å². The molecular formula is C17H23NO6S. The highest BCUT2D eigenvalue weighted by molar-refractivity contribution is 7.11. The Morgan fingerprint density at radius 2 is 1.52 bits per heavy atom. The zero-order valence-corrected chi connectivity index (χ0v) is 15.5. The lowest BCUT2D eigenvalue weighted by Gasteiger charge is -2.18. The van der Waals surface area contributed by atoms with E-state index in [1.54, 1.807) is 17.5 Å². The highest BCUT2D eigenvalue weighted by Crippen LogP contribution is 2.40. The molecule has 1 aromatic carbocycles. The maximum absolute atomic E-state index is 10.5. The van der Waals surface area contributed by atoms with Crippen LogP contribution in [0.3, 0.4) is 0 Å². The molecule has 1 aromatic heterocycles. The normalized spacial score (nSPS) is 13.2. The molecule has 0 aliphatic heterocycles. The Kier molecular flexibility index (Phi) is 6.86. The maximum atomic E-state index is 10.5. The predicted molar refractivity (Wildman–Crippen MR) is 93.9 cm³/mol. The lowest BCUT2D eigenvalue weighted by molar-refractivity contribution is 0.112. The topological polar surface area (TPSA) is 90.3 Å². The summed E-state index contributed by atoms with van der Waals surface area (Å²) in [4.78, 5) is 4.16. The second kappa shape index (κ2) is 8.89. The lowest BCUT2D eigenvalue weighted by Crippen LogP contribution is -2.05. The first-order chi connectivity index (χ1) is 12.0. The van der Waals surface area contributed by atoms with Gasteiger partial charge < -0.3 is 29.2 Å². The summed E-state index contributed by atoms with van der Waals surface area (Å²) in [5.41, 5.74) is 1.16. The third-order valence-electron chi connectivity index (χ3n) is 3.80. The van der Waals surface area contributed by atoms with Gasteiger partial charge in [0.25, 0.3) is 5.19 Å². The lowest BCUT2D eigenvalue weighted by atomic mass is 10.0. The van der Waals surface area contributed by atoms with E-state index in [1.807, 2.05) is 0 Å². The van der Waals surface area contributed by atoms with Crippen molar-refractivity contribution < 1.29 is 29.2 Å². The Morgan fingerprint density at radius 1 is 0.920 bits per heavy atom. The molecule has 2 unspecified atom stereocenters. The molecule has 0 radical (unpaired) electrons. The number of aromatic nitrogens is 1. The van der Waals surface area contributed by atoms with Gasteiger partial charge in [-0.05, 0) is 30.5 Å². The molecule has 2 atom stereocenters. The molecule has 0 spiro atoms. The van der Waals surface area contributed by atoms with E-state index in [0.29, 0.717) is 46.5 Å². The Hall–Kier alpha value is -2.03. The first-order valence-corrected chi connectivity index (χ1v) is 8.57.